The summed E-state index contributed by atoms with van der Waals surface area (Å²) < 4.78 is 0. The summed E-state index contributed by atoms with van der Waals surface area (Å²) in [6, 6.07) is 8.64. The first-order valence-electron chi connectivity index (χ1n) is 9.87. The van der Waals surface area contributed by atoms with Gasteiger partial charge in [0.2, 0.25) is 5.91 Å². The number of hydrogen-bond acceptors (Lipinski definition) is 4. The van der Waals surface area contributed by atoms with Crippen molar-refractivity contribution in [3.05, 3.63) is 35.4 Å². The molecule has 6 heteroatoms. The molecular weight excluding hydrogens is 342 g/mol. The summed E-state index contributed by atoms with van der Waals surface area (Å²) in [5.74, 6) is -0.638. The topological polar surface area (TPSA) is 64.1 Å². The van der Waals surface area contributed by atoms with E-state index in [2.05, 4.69) is 36.1 Å². The maximum Gasteiger partial charge on any atom is 0.310 e. The minimum Gasteiger partial charge on any atom is -0.481 e. The van der Waals surface area contributed by atoms with E-state index in [0.717, 1.165) is 39.1 Å². The summed E-state index contributed by atoms with van der Waals surface area (Å²) >= 11 is 0. The van der Waals surface area contributed by atoms with E-state index in [1.165, 1.54) is 11.1 Å². The van der Waals surface area contributed by atoms with Gasteiger partial charge in [-0.3, -0.25) is 19.4 Å². The molecule has 0 saturated carbocycles. The molecule has 3 rings (SSSR count). The van der Waals surface area contributed by atoms with Crippen LogP contribution in [0.2, 0.25) is 0 Å². The summed E-state index contributed by atoms with van der Waals surface area (Å²) in [4.78, 5) is 30.4. The second kappa shape index (κ2) is 8.40. The fraction of sp³-hybridized carbons (Fsp3) is 0.619. The van der Waals surface area contributed by atoms with Gasteiger partial charge in [0.15, 0.2) is 0 Å². The third-order valence-electron chi connectivity index (χ3n) is 5.90. The number of hydrogen-bond donors (Lipinski definition) is 1. The Morgan fingerprint density at radius 1 is 1.04 bits per heavy atom. The van der Waals surface area contributed by atoms with Crippen LogP contribution in [0.15, 0.2) is 24.3 Å². The number of rotatable bonds is 5. The fourth-order valence-electron chi connectivity index (χ4n) is 3.99. The van der Waals surface area contributed by atoms with Gasteiger partial charge < -0.3 is 10.0 Å². The molecular formula is C21H31N3O3. The van der Waals surface area contributed by atoms with Crippen LogP contribution in [0.1, 0.15) is 30.9 Å². The predicted octanol–water partition coefficient (Wildman–Crippen LogP) is 1.83. The van der Waals surface area contributed by atoms with E-state index in [0.29, 0.717) is 26.1 Å². The van der Waals surface area contributed by atoms with Gasteiger partial charge in [0.05, 0.1) is 12.0 Å². The molecule has 6 nitrogen and oxygen atoms in total. The number of benzene rings is 1. The molecule has 1 N–H and O–H groups in total. The Kier molecular flexibility index (Phi) is 6.17. The standard InChI is InChI=1S/C21H31N3O3/c1-17-4-6-18(7-5-17)14-22-9-3-10-24(13-12-22)19(25)15-23-11-8-21(2,16-23)20(26)27/h4-7H,3,8-16H2,1-2H3,(H,26,27). The first-order chi connectivity index (χ1) is 12.9. The lowest BCUT2D eigenvalue weighted by molar-refractivity contribution is -0.147. The molecule has 1 amide bonds. The molecule has 0 bridgehead atoms. The maximum absolute atomic E-state index is 12.7. The predicted molar refractivity (Wildman–Crippen MR) is 104 cm³/mol. The van der Waals surface area contributed by atoms with Gasteiger partial charge in [0.25, 0.3) is 0 Å². The van der Waals surface area contributed by atoms with E-state index in [9.17, 15) is 14.7 Å². The molecule has 2 aliphatic rings. The largest absolute Gasteiger partial charge is 0.481 e. The third kappa shape index (κ3) is 5.08. The van der Waals surface area contributed by atoms with E-state index >= 15 is 0 Å². The highest BCUT2D eigenvalue weighted by molar-refractivity contribution is 5.79. The van der Waals surface area contributed by atoms with Crippen molar-refractivity contribution in [1.29, 1.82) is 0 Å². The van der Waals surface area contributed by atoms with Crippen molar-refractivity contribution in [3.63, 3.8) is 0 Å². The van der Waals surface area contributed by atoms with Gasteiger partial charge in [0.1, 0.15) is 0 Å². The minimum atomic E-state index is -0.765. The molecule has 2 saturated heterocycles. The molecule has 0 aromatic heterocycles. The van der Waals surface area contributed by atoms with Crippen LogP contribution in [0.25, 0.3) is 0 Å². The Bertz CT molecular complexity index is 676. The van der Waals surface area contributed by atoms with Gasteiger partial charge in [-0.2, -0.15) is 0 Å². The molecule has 2 aliphatic heterocycles. The highest BCUT2D eigenvalue weighted by atomic mass is 16.4. The van der Waals surface area contributed by atoms with Crippen LogP contribution >= 0.6 is 0 Å². The molecule has 2 heterocycles. The summed E-state index contributed by atoms with van der Waals surface area (Å²) in [7, 11) is 0. The number of carbonyl (C=O) groups excluding carboxylic acids is 1. The van der Waals surface area contributed by atoms with Gasteiger partial charge in [0, 0.05) is 39.3 Å². The molecule has 1 aromatic rings. The number of nitrogens with zero attached hydrogens (tertiary/aromatic N) is 3. The number of carboxylic acid groups (broad SMARTS) is 1. The number of aryl methyl sites for hydroxylation is 1. The van der Waals surface area contributed by atoms with Crippen LogP contribution < -0.4 is 0 Å². The van der Waals surface area contributed by atoms with E-state index in [4.69, 9.17) is 0 Å². The lowest BCUT2D eigenvalue weighted by Crippen LogP contribution is -2.42. The zero-order chi connectivity index (χ0) is 19.4. The van der Waals surface area contributed by atoms with E-state index in [1.54, 1.807) is 6.92 Å². The summed E-state index contributed by atoms with van der Waals surface area (Å²) in [5, 5.41) is 9.35. The zero-order valence-electron chi connectivity index (χ0n) is 16.5. The fourth-order valence-corrected chi connectivity index (χ4v) is 3.99. The molecule has 1 atom stereocenters. The highest BCUT2D eigenvalue weighted by Crippen LogP contribution is 2.29. The summed E-state index contributed by atoms with van der Waals surface area (Å²) in [6.07, 6.45) is 1.59. The third-order valence-corrected chi connectivity index (χ3v) is 5.90. The Balaban J connectivity index is 1.48. The van der Waals surface area contributed by atoms with Crippen molar-refractivity contribution >= 4 is 11.9 Å². The van der Waals surface area contributed by atoms with Crippen molar-refractivity contribution in [1.82, 2.24) is 14.7 Å². The Morgan fingerprint density at radius 2 is 1.78 bits per heavy atom. The quantitative estimate of drug-likeness (QED) is 0.853. The van der Waals surface area contributed by atoms with Crippen molar-refractivity contribution in [3.8, 4) is 0 Å². The lowest BCUT2D eigenvalue weighted by Gasteiger charge is -2.25. The SMILES string of the molecule is Cc1ccc(CN2CCCN(C(=O)CN3CCC(C)(C(=O)O)C3)CC2)cc1. The average Bonchev–Trinajstić information content (AvgIpc) is 2.86. The number of likely N-dealkylation sites (tertiary alicyclic amines) is 1. The molecule has 1 aromatic carbocycles. The summed E-state index contributed by atoms with van der Waals surface area (Å²) in [6.45, 7) is 9.68. The minimum absolute atomic E-state index is 0.127. The van der Waals surface area contributed by atoms with Crippen molar-refractivity contribution < 1.29 is 14.7 Å². The van der Waals surface area contributed by atoms with Gasteiger partial charge in [-0.05, 0) is 38.8 Å². The Morgan fingerprint density at radius 3 is 2.44 bits per heavy atom. The molecule has 148 valence electrons. The van der Waals surface area contributed by atoms with E-state index in [1.807, 2.05) is 9.80 Å². The van der Waals surface area contributed by atoms with Crippen LogP contribution in [0, 0.1) is 12.3 Å². The first kappa shape index (κ1) is 19.8. The number of amides is 1. The second-order valence-corrected chi connectivity index (χ2v) is 8.32. The summed E-state index contributed by atoms with van der Waals surface area (Å²) in [5.41, 5.74) is 1.86. The second-order valence-electron chi connectivity index (χ2n) is 8.32. The van der Waals surface area contributed by atoms with Gasteiger partial charge in [-0.1, -0.05) is 29.8 Å². The molecule has 27 heavy (non-hydrogen) atoms. The molecule has 2 fully saturated rings. The number of aliphatic carboxylic acids is 1. The number of carboxylic acids is 1. The van der Waals surface area contributed by atoms with Crippen molar-refractivity contribution in [2.45, 2.75) is 33.2 Å². The molecule has 1 unspecified atom stereocenters. The van der Waals surface area contributed by atoms with Gasteiger partial charge in [-0.25, -0.2) is 0 Å². The average molecular weight is 373 g/mol. The zero-order valence-corrected chi connectivity index (χ0v) is 16.5. The number of carbonyl (C=O) groups is 2. The molecule has 0 aliphatic carbocycles. The van der Waals surface area contributed by atoms with Gasteiger partial charge >= 0.3 is 5.97 Å². The van der Waals surface area contributed by atoms with E-state index in [-0.39, 0.29) is 5.91 Å². The first-order valence-corrected chi connectivity index (χ1v) is 9.87. The van der Waals surface area contributed by atoms with Crippen LogP contribution in [-0.4, -0.2) is 77.5 Å². The molecule has 0 spiro atoms. The lowest BCUT2D eigenvalue weighted by atomic mass is 9.90. The van der Waals surface area contributed by atoms with Crippen LogP contribution in [0.5, 0.6) is 0 Å². The van der Waals surface area contributed by atoms with Crippen molar-refractivity contribution in [2.75, 3.05) is 45.8 Å². The Hall–Kier alpha value is -1.92. The normalized spacial score (nSPS) is 24.7. The van der Waals surface area contributed by atoms with Crippen LogP contribution in [-0.2, 0) is 16.1 Å². The maximum atomic E-state index is 12.7. The van der Waals surface area contributed by atoms with Crippen LogP contribution in [0.4, 0.5) is 0 Å². The van der Waals surface area contributed by atoms with Gasteiger partial charge in [-0.15, -0.1) is 0 Å². The van der Waals surface area contributed by atoms with Crippen molar-refractivity contribution in [2.24, 2.45) is 5.41 Å². The Labute approximate surface area is 161 Å². The molecule has 0 radical (unpaired) electrons. The smallest absolute Gasteiger partial charge is 0.310 e. The van der Waals surface area contributed by atoms with Crippen LogP contribution in [0.3, 0.4) is 0 Å². The van der Waals surface area contributed by atoms with E-state index < -0.39 is 11.4 Å². The monoisotopic (exact) mass is 373 g/mol. The highest BCUT2D eigenvalue weighted by Gasteiger charge is 2.41.